The molecule has 0 radical (unpaired) electrons. The lowest BCUT2D eigenvalue weighted by Gasteiger charge is -2.54. The van der Waals surface area contributed by atoms with Gasteiger partial charge in [-0.15, -0.1) is 0 Å². The Morgan fingerprint density at radius 3 is 2.52 bits per heavy atom. The number of para-hydroxylation sites is 1. The number of likely N-dealkylation sites (tertiary alicyclic amines) is 2. The fraction of sp³-hybridized carbons (Fsp3) is 0.417. The largest absolute Gasteiger partial charge is 0.324 e. The molecule has 0 saturated carbocycles. The molecule has 2 spiro atoms. The number of amides is 1. The van der Waals surface area contributed by atoms with Gasteiger partial charge in [-0.25, -0.2) is 0 Å². The van der Waals surface area contributed by atoms with Gasteiger partial charge in [0.1, 0.15) is 5.54 Å². The summed E-state index contributed by atoms with van der Waals surface area (Å²) in [5, 5.41) is 3.09. The number of carbonyl (C=O) groups is 2. The molecule has 2 aromatic carbocycles. The third-order valence-corrected chi connectivity index (χ3v) is 7.38. The predicted octanol–water partition coefficient (Wildman–Crippen LogP) is 3.33. The maximum atomic E-state index is 13.8. The van der Waals surface area contributed by atoms with Gasteiger partial charge in [-0.2, -0.15) is 0 Å². The maximum absolute atomic E-state index is 13.8. The first kappa shape index (κ1) is 18.5. The Morgan fingerprint density at radius 2 is 1.72 bits per heavy atom. The number of hydrogen-bond donors (Lipinski definition) is 1. The number of nitrogens with zero attached hydrogens (tertiary/aromatic N) is 2. The summed E-state index contributed by atoms with van der Waals surface area (Å²) in [6.45, 7) is 3.69. The molecule has 3 atom stereocenters. The summed E-state index contributed by atoms with van der Waals surface area (Å²) in [5.74, 6) is 0.127. The van der Waals surface area contributed by atoms with E-state index in [2.05, 4.69) is 34.2 Å². The van der Waals surface area contributed by atoms with Gasteiger partial charge in [0.15, 0.2) is 11.3 Å². The minimum absolute atomic E-state index is 0.0457. The van der Waals surface area contributed by atoms with Crippen LogP contribution in [-0.4, -0.2) is 47.2 Å². The number of hydrogen-bond acceptors (Lipinski definition) is 4. The third kappa shape index (κ3) is 2.23. The van der Waals surface area contributed by atoms with Gasteiger partial charge in [0.25, 0.3) is 5.91 Å². The minimum Gasteiger partial charge on any atom is -0.324 e. The molecular weight excluding hydrogens is 362 g/mol. The molecule has 0 aliphatic carbocycles. The van der Waals surface area contributed by atoms with Gasteiger partial charge in [0.05, 0.1) is 0 Å². The number of Topliss-reactive ketones (excluding diaryl/α,β-unsaturated/α-hetero) is 1. The normalized spacial score (nSPS) is 30.7. The van der Waals surface area contributed by atoms with E-state index in [-0.39, 0.29) is 17.7 Å². The fourth-order valence-electron chi connectivity index (χ4n) is 6.12. The van der Waals surface area contributed by atoms with Crippen LogP contribution in [0.15, 0.2) is 54.6 Å². The maximum Gasteiger partial charge on any atom is 0.252 e. The number of carbonyl (C=O) groups excluding carboxylic acids is 2. The number of anilines is 1. The van der Waals surface area contributed by atoms with E-state index in [0.29, 0.717) is 19.4 Å². The molecule has 2 saturated heterocycles. The van der Waals surface area contributed by atoms with Gasteiger partial charge in [-0.1, -0.05) is 48.5 Å². The van der Waals surface area contributed by atoms with Crippen molar-refractivity contribution in [2.24, 2.45) is 0 Å². The predicted molar refractivity (Wildman–Crippen MR) is 113 cm³/mol. The standard InChI is InChI=1S/C24H27N3O2/c1-17(18-9-4-3-5-10-18)27-15-8-13-21(28)23(27)14-16-26(2)24(23)19-11-6-7-12-20(19)25-22(24)29/h3-7,9-12,17H,8,13-16H2,1-2H3,(H,25,29). The van der Waals surface area contributed by atoms with Crippen LogP contribution in [0.5, 0.6) is 0 Å². The summed E-state index contributed by atoms with van der Waals surface area (Å²) in [6, 6.07) is 18.2. The lowest BCUT2D eigenvalue weighted by molar-refractivity contribution is -0.154. The highest BCUT2D eigenvalue weighted by Crippen LogP contribution is 2.57. The van der Waals surface area contributed by atoms with E-state index in [0.717, 1.165) is 24.2 Å². The Morgan fingerprint density at radius 1 is 1.00 bits per heavy atom. The minimum atomic E-state index is -0.982. The second kappa shape index (κ2) is 6.51. The molecule has 2 aromatic rings. The van der Waals surface area contributed by atoms with Crippen molar-refractivity contribution in [2.45, 2.75) is 43.3 Å². The molecule has 29 heavy (non-hydrogen) atoms. The van der Waals surface area contributed by atoms with Crippen LogP contribution >= 0.6 is 0 Å². The van der Waals surface area contributed by atoms with E-state index < -0.39 is 11.1 Å². The van der Waals surface area contributed by atoms with E-state index in [4.69, 9.17) is 0 Å². The van der Waals surface area contributed by atoms with E-state index in [1.807, 2.05) is 49.5 Å². The Bertz CT molecular complexity index is 975. The van der Waals surface area contributed by atoms with Crippen molar-refractivity contribution >= 4 is 17.4 Å². The SMILES string of the molecule is CC(c1ccccc1)N1CCCC(=O)C12CCN(C)C21C(=O)Nc2ccccc21. The number of fused-ring (bicyclic) bond motifs is 3. The zero-order chi connectivity index (χ0) is 20.2. The number of ketones is 1. The molecular formula is C24H27N3O2. The van der Waals surface area contributed by atoms with Crippen molar-refractivity contribution < 1.29 is 9.59 Å². The summed E-state index contributed by atoms with van der Waals surface area (Å²) in [7, 11) is 1.99. The molecule has 3 aliphatic rings. The average Bonchev–Trinajstić information content (AvgIpc) is 3.22. The van der Waals surface area contributed by atoms with Crippen molar-refractivity contribution in [3.8, 4) is 0 Å². The average molecular weight is 389 g/mol. The highest BCUT2D eigenvalue weighted by molar-refractivity contribution is 6.12. The molecule has 5 heteroatoms. The summed E-state index contributed by atoms with van der Waals surface area (Å²) in [6.07, 6.45) is 2.03. The molecule has 5 rings (SSSR count). The molecule has 3 unspecified atom stereocenters. The van der Waals surface area contributed by atoms with Crippen LogP contribution < -0.4 is 5.32 Å². The number of benzene rings is 2. The van der Waals surface area contributed by atoms with Crippen LogP contribution in [0.3, 0.4) is 0 Å². The van der Waals surface area contributed by atoms with Crippen LogP contribution in [0.25, 0.3) is 0 Å². The fourth-order valence-corrected chi connectivity index (χ4v) is 6.12. The summed E-state index contributed by atoms with van der Waals surface area (Å²) >= 11 is 0. The molecule has 3 heterocycles. The molecule has 0 bridgehead atoms. The van der Waals surface area contributed by atoms with Crippen molar-refractivity contribution in [1.82, 2.24) is 9.80 Å². The summed E-state index contributed by atoms with van der Waals surface area (Å²) in [5.41, 5.74) is 1.11. The zero-order valence-corrected chi connectivity index (χ0v) is 17.0. The smallest absolute Gasteiger partial charge is 0.252 e. The van der Waals surface area contributed by atoms with Crippen LogP contribution in [-0.2, 0) is 15.1 Å². The van der Waals surface area contributed by atoms with Gasteiger partial charge in [0.2, 0.25) is 0 Å². The van der Waals surface area contributed by atoms with E-state index >= 15 is 0 Å². The highest BCUT2D eigenvalue weighted by Gasteiger charge is 2.72. The lowest BCUT2D eigenvalue weighted by atomic mass is 9.66. The Kier molecular flexibility index (Phi) is 4.16. The van der Waals surface area contributed by atoms with Crippen molar-refractivity contribution in [3.05, 3.63) is 65.7 Å². The Balaban J connectivity index is 1.74. The van der Waals surface area contributed by atoms with Crippen LogP contribution in [0.4, 0.5) is 5.69 Å². The number of nitrogens with one attached hydrogen (secondary N) is 1. The quantitative estimate of drug-likeness (QED) is 0.856. The monoisotopic (exact) mass is 389 g/mol. The number of rotatable bonds is 2. The first-order valence-electron chi connectivity index (χ1n) is 10.5. The summed E-state index contributed by atoms with van der Waals surface area (Å²) in [4.78, 5) is 31.9. The first-order valence-corrected chi connectivity index (χ1v) is 10.5. The Labute approximate surface area is 171 Å². The topological polar surface area (TPSA) is 52.7 Å². The van der Waals surface area contributed by atoms with Crippen molar-refractivity contribution in [2.75, 3.05) is 25.5 Å². The van der Waals surface area contributed by atoms with Gasteiger partial charge in [0, 0.05) is 36.8 Å². The van der Waals surface area contributed by atoms with Crippen molar-refractivity contribution in [3.63, 3.8) is 0 Å². The van der Waals surface area contributed by atoms with E-state index in [1.165, 1.54) is 5.56 Å². The first-order chi connectivity index (χ1) is 14.0. The lowest BCUT2D eigenvalue weighted by Crippen LogP contribution is -2.71. The second-order valence-corrected chi connectivity index (χ2v) is 8.55. The molecule has 2 fully saturated rings. The molecule has 3 aliphatic heterocycles. The van der Waals surface area contributed by atoms with Crippen LogP contribution in [0, 0.1) is 0 Å². The van der Waals surface area contributed by atoms with E-state index in [1.54, 1.807) is 0 Å². The molecule has 150 valence electrons. The number of piperidine rings is 1. The van der Waals surface area contributed by atoms with Gasteiger partial charge in [-0.3, -0.25) is 19.4 Å². The van der Waals surface area contributed by atoms with E-state index in [9.17, 15) is 9.59 Å². The number of likely N-dealkylation sites (N-methyl/N-ethyl adjacent to an activating group) is 1. The molecule has 1 N–H and O–H groups in total. The van der Waals surface area contributed by atoms with Crippen LogP contribution in [0.1, 0.15) is 43.4 Å². The third-order valence-electron chi connectivity index (χ3n) is 7.38. The molecule has 1 amide bonds. The highest BCUT2D eigenvalue weighted by atomic mass is 16.2. The zero-order valence-electron chi connectivity index (χ0n) is 17.0. The van der Waals surface area contributed by atoms with Gasteiger partial charge >= 0.3 is 0 Å². The molecule has 5 nitrogen and oxygen atoms in total. The van der Waals surface area contributed by atoms with Crippen molar-refractivity contribution in [1.29, 1.82) is 0 Å². The van der Waals surface area contributed by atoms with Gasteiger partial charge in [-0.05, 0) is 38.4 Å². The molecule has 0 aromatic heterocycles. The second-order valence-electron chi connectivity index (χ2n) is 8.55. The van der Waals surface area contributed by atoms with Gasteiger partial charge < -0.3 is 5.32 Å². The Hall–Kier alpha value is -2.50. The van der Waals surface area contributed by atoms with Crippen LogP contribution in [0.2, 0.25) is 0 Å². The summed E-state index contributed by atoms with van der Waals surface area (Å²) < 4.78 is 0.